The number of nitrogens with zero attached hydrogens (tertiary/aromatic N) is 1. The van der Waals surface area contributed by atoms with Gasteiger partial charge in [0.2, 0.25) is 0 Å². The highest BCUT2D eigenvalue weighted by atomic mass is 15.2. The Hall–Kier alpha value is -2.38. The summed E-state index contributed by atoms with van der Waals surface area (Å²) in [5.74, 6) is 0.429. The minimum absolute atomic E-state index is 0.429. The molecule has 3 aromatic rings. The fraction of sp³-hybridized carbons (Fsp3) is 0.379. The van der Waals surface area contributed by atoms with E-state index in [0.29, 0.717) is 18.0 Å². The van der Waals surface area contributed by atoms with E-state index in [0.717, 1.165) is 25.8 Å². The SMILES string of the molecule is CC(C)N(CC[C@H](c1ccccc1)c1ccccc1CCc1ccccc1)C(C)C. The third kappa shape index (κ3) is 6.06. The van der Waals surface area contributed by atoms with Gasteiger partial charge in [0.15, 0.2) is 0 Å². The summed E-state index contributed by atoms with van der Waals surface area (Å²) in [6, 6.07) is 32.1. The number of aryl methyl sites for hydroxylation is 2. The maximum absolute atomic E-state index is 2.61. The molecule has 0 aliphatic carbocycles. The molecule has 0 unspecified atom stereocenters. The summed E-state index contributed by atoms with van der Waals surface area (Å²) < 4.78 is 0. The highest BCUT2D eigenvalue weighted by Crippen LogP contribution is 2.32. The van der Waals surface area contributed by atoms with Crippen molar-refractivity contribution in [2.75, 3.05) is 6.54 Å². The molecule has 30 heavy (non-hydrogen) atoms. The van der Waals surface area contributed by atoms with Gasteiger partial charge in [0.1, 0.15) is 0 Å². The molecule has 3 rings (SSSR count). The third-order valence-corrected chi connectivity index (χ3v) is 6.16. The van der Waals surface area contributed by atoms with Crippen LogP contribution < -0.4 is 0 Å². The number of benzene rings is 3. The Labute approximate surface area is 183 Å². The van der Waals surface area contributed by atoms with E-state index >= 15 is 0 Å². The van der Waals surface area contributed by atoms with Crippen molar-refractivity contribution >= 4 is 0 Å². The molecular weight excluding hydrogens is 362 g/mol. The van der Waals surface area contributed by atoms with Crippen molar-refractivity contribution in [1.82, 2.24) is 4.90 Å². The minimum atomic E-state index is 0.429. The number of hydrogen-bond donors (Lipinski definition) is 0. The van der Waals surface area contributed by atoms with E-state index in [-0.39, 0.29) is 0 Å². The fourth-order valence-corrected chi connectivity index (χ4v) is 4.60. The van der Waals surface area contributed by atoms with Crippen LogP contribution in [0.4, 0.5) is 0 Å². The monoisotopic (exact) mass is 399 g/mol. The smallest absolute Gasteiger partial charge is 0.0104 e. The largest absolute Gasteiger partial charge is 0.299 e. The Morgan fingerprint density at radius 2 is 1.20 bits per heavy atom. The summed E-state index contributed by atoms with van der Waals surface area (Å²) in [7, 11) is 0. The topological polar surface area (TPSA) is 3.24 Å². The highest BCUT2D eigenvalue weighted by Gasteiger charge is 2.20. The first kappa shape index (κ1) is 22.3. The molecule has 3 aromatic carbocycles. The predicted octanol–water partition coefficient (Wildman–Crippen LogP) is 7.11. The van der Waals surface area contributed by atoms with Crippen molar-refractivity contribution in [3.05, 3.63) is 107 Å². The molecule has 0 heterocycles. The average molecular weight is 400 g/mol. The Morgan fingerprint density at radius 3 is 1.83 bits per heavy atom. The first-order valence-electron chi connectivity index (χ1n) is 11.5. The first-order valence-corrected chi connectivity index (χ1v) is 11.5. The van der Waals surface area contributed by atoms with Gasteiger partial charge in [0.25, 0.3) is 0 Å². The molecule has 0 aromatic heterocycles. The van der Waals surface area contributed by atoms with Crippen LogP contribution in [0.3, 0.4) is 0 Å². The summed E-state index contributed by atoms with van der Waals surface area (Å²) in [6.07, 6.45) is 3.31. The minimum Gasteiger partial charge on any atom is -0.299 e. The standard InChI is InChI=1S/C29H37N/c1-23(2)30(24(3)4)22-21-29(26-15-9-6-10-16-26)28-18-12-11-17-27(28)20-19-25-13-7-5-8-14-25/h5-18,23-24,29H,19-22H2,1-4H3/t29-/m1/s1. The molecule has 0 spiro atoms. The van der Waals surface area contributed by atoms with Crippen LogP contribution in [0.15, 0.2) is 84.9 Å². The van der Waals surface area contributed by atoms with Crippen LogP contribution in [0, 0.1) is 0 Å². The van der Waals surface area contributed by atoms with Crippen LogP contribution in [0.2, 0.25) is 0 Å². The molecule has 158 valence electrons. The predicted molar refractivity (Wildman–Crippen MR) is 130 cm³/mol. The Balaban J connectivity index is 1.86. The Bertz CT molecular complexity index is 859. The second kappa shape index (κ2) is 11.1. The fourth-order valence-electron chi connectivity index (χ4n) is 4.60. The highest BCUT2D eigenvalue weighted by molar-refractivity contribution is 5.38. The van der Waals surface area contributed by atoms with Crippen molar-refractivity contribution in [2.24, 2.45) is 0 Å². The van der Waals surface area contributed by atoms with E-state index in [1.54, 1.807) is 0 Å². The molecule has 0 N–H and O–H groups in total. The van der Waals surface area contributed by atoms with Crippen LogP contribution >= 0.6 is 0 Å². The normalized spacial score (nSPS) is 12.6. The molecule has 0 aliphatic heterocycles. The maximum Gasteiger partial charge on any atom is 0.0104 e. The third-order valence-electron chi connectivity index (χ3n) is 6.16. The molecule has 1 atom stereocenters. The van der Waals surface area contributed by atoms with Crippen molar-refractivity contribution < 1.29 is 0 Å². The van der Waals surface area contributed by atoms with Gasteiger partial charge < -0.3 is 0 Å². The molecule has 0 saturated carbocycles. The molecule has 1 heteroatoms. The van der Waals surface area contributed by atoms with Crippen molar-refractivity contribution in [3.63, 3.8) is 0 Å². The van der Waals surface area contributed by atoms with E-state index in [9.17, 15) is 0 Å². The molecule has 0 fully saturated rings. The number of rotatable bonds is 10. The van der Waals surface area contributed by atoms with E-state index in [1.807, 2.05) is 0 Å². The first-order chi connectivity index (χ1) is 14.6. The van der Waals surface area contributed by atoms with Gasteiger partial charge >= 0.3 is 0 Å². The van der Waals surface area contributed by atoms with Crippen LogP contribution in [-0.2, 0) is 12.8 Å². The summed E-state index contributed by atoms with van der Waals surface area (Å²) in [5, 5.41) is 0. The molecule has 0 radical (unpaired) electrons. The van der Waals surface area contributed by atoms with Gasteiger partial charge in [-0.15, -0.1) is 0 Å². The van der Waals surface area contributed by atoms with Gasteiger partial charge in [0, 0.05) is 18.0 Å². The second-order valence-corrected chi connectivity index (χ2v) is 8.86. The maximum atomic E-state index is 2.61. The van der Waals surface area contributed by atoms with Crippen LogP contribution in [-0.4, -0.2) is 23.5 Å². The van der Waals surface area contributed by atoms with E-state index in [4.69, 9.17) is 0 Å². The zero-order valence-electron chi connectivity index (χ0n) is 19.1. The van der Waals surface area contributed by atoms with Gasteiger partial charge in [-0.25, -0.2) is 0 Å². The summed E-state index contributed by atoms with van der Waals surface area (Å²) >= 11 is 0. The molecule has 0 bridgehead atoms. The lowest BCUT2D eigenvalue weighted by Gasteiger charge is -2.32. The van der Waals surface area contributed by atoms with E-state index < -0.39 is 0 Å². The van der Waals surface area contributed by atoms with Crippen molar-refractivity contribution in [2.45, 2.75) is 65.0 Å². The molecule has 0 saturated heterocycles. The summed E-state index contributed by atoms with van der Waals surface area (Å²) in [4.78, 5) is 2.61. The van der Waals surface area contributed by atoms with Gasteiger partial charge in [-0.3, -0.25) is 4.90 Å². The number of hydrogen-bond acceptors (Lipinski definition) is 1. The Morgan fingerprint density at radius 1 is 0.633 bits per heavy atom. The molecule has 1 nitrogen and oxygen atoms in total. The van der Waals surface area contributed by atoms with E-state index in [2.05, 4.69) is 118 Å². The van der Waals surface area contributed by atoms with Gasteiger partial charge in [-0.1, -0.05) is 84.9 Å². The summed E-state index contributed by atoms with van der Waals surface area (Å²) in [5.41, 5.74) is 5.81. The van der Waals surface area contributed by atoms with Gasteiger partial charge in [-0.2, -0.15) is 0 Å². The summed E-state index contributed by atoms with van der Waals surface area (Å²) in [6.45, 7) is 10.4. The lowest BCUT2D eigenvalue weighted by Crippen LogP contribution is -2.38. The zero-order valence-corrected chi connectivity index (χ0v) is 19.1. The Kier molecular flexibility index (Phi) is 8.28. The zero-order chi connectivity index (χ0) is 21.3. The second-order valence-electron chi connectivity index (χ2n) is 8.86. The quantitative estimate of drug-likeness (QED) is 0.351. The van der Waals surface area contributed by atoms with Crippen molar-refractivity contribution in [1.29, 1.82) is 0 Å². The van der Waals surface area contributed by atoms with E-state index in [1.165, 1.54) is 22.3 Å². The van der Waals surface area contributed by atoms with Crippen LogP contribution in [0.1, 0.15) is 62.3 Å². The lowest BCUT2D eigenvalue weighted by molar-refractivity contribution is 0.170. The van der Waals surface area contributed by atoms with Crippen LogP contribution in [0.25, 0.3) is 0 Å². The molecule has 0 amide bonds. The molecular formula is C29H37N. The average Bonchev–Trinajstić information content (AvgIpc) is 2.76. The van der Waals surface area contributed by atoms with Crippen molar-refractivity contribution in [3.8, 4) is 0 Å². The lowest BCUT2D eigenvalue weighted by atomic mass is 9.84. The van der Waals surface area contributed by atoms with Gasteiger partial charge in [-0.05, 0) is 75.8 Å². The van der Waals surface area contributed by atoms with Gasteiger partial charge in [0.05, 0.1) is 0 Å². The van der Waals surface area contributed by atoms with Crippen LogP contribution in [0.5, 0.6) is 0 Å². The molecule has 0 aliphatic rings.